The third-order valence-electron chi connectivity index (χ3n) is 4.09. The van der Waals surface area contributed by atoms with Crippen LogP contribution in [-0.2, 0) is 4.74 Å². The highest BCUT2D eigenvalue weighted by Gasteiger charge is 2.18. The lowest BCUT2D eigenvalue weighted by Crippen LogP contribution is -2.40. The second kappa shape index (κ2) is 9.65. The van der Waals surface area contributed by atoms with E-state index in [0.717, 1.165) is 44.0 Å². The third kappa shape index (κ3) is 6.27. The van der Waals surface area contributed by atoms with Gasteiger partial charge in [-0.15, -0.1) is 0 Å². The first-order valence-electron chi connectivity index (χ1n) is 8.21. The Hall–Kier alpha value is -0.760. The van der Waals surface area contributed by atoms with Gasteiger partial charge in [0.2, 0.25) is 0 Å². The highest BCUT2D eigenvalue weighted by atomic mass is 79.9. The number of halogens is 3. The zero-order valence-corrected chi connectivity index (χ0v) is 15.4. The molecule has 1 unspecified atom stereocenters. The van der Waals surface area contributed by atoms with Gasteiger partial charge in [-0.1, -0.05) is 22.9 Å². The van der Waals surface area contributed by atoms with Crippen LogP contribution in [0, 0.1) is 17.6 Å². The number of piperidine rings is 1. The van der Waals surface area contributed by atoms with Crippen molar-refractivity contribution in [1.29, 1.82) is 0 Å². The molecule has 2 rings (SSSR count). The minimum Gasteiger partial charge on any atom is -0.485 e. The smallest absolute Gasteiger partial charge is 0.190 e. The fourth-order valence-corrected chi connectivity index (χ4v) is 3.09. The summed E-state index contributed by atoms with van der Waals surface area (Å²) in [5.41, 5.74) is 0. The van der Waals surface area contributed by atoms with Crippen LogP contribution in [0.3, 0.4) is 0 Å². The molecule has 0 spiro atoms. The summed E-state index contributed by atoms with van der Waals surface area (Å²) in [6.07, 6.45) is 1.75. The first kappa shape index (κ1) is 19.6. The molecule has 1 aliphatic rings. The van der Waals surface area contributed by atoms with Crippen LogP contribution < -0.4 is 4.74 Å². The molecule has 0 amide bonds. The van der Waals surface area contributed by atoms with E-state index in [4.69, 9.17) is 9.47 Å². The zero-order chi connectivity index (χ0) is 17.5. The van der Waals surface area contributed by atoms with Crippen LogP contribution >= 0.6 is 15.9 Å². The Bertz CT molecular complexity index is 502. The molecule has 136 valence electrons. The van der Waals surface area contributed by atoms with Crippen molar-refractivity contribution in [3.63, 3.8) is 0 Å². The van der Waals surface area contributed by atoms with E-state index in [1.807, 2.05) is 0 Å². The Morgan fingerprint density at radius 1 is 1.25 bits per heavy atom. The fourth-order valence-electron chi connectivity index (χ4n) is 2.68. The van der Waals surface area contributed by atoms with Crippen LogP contribution in [0.4, 0.5) is 8.78 Å². The van der Waals surface area contributed by atoms with Crippen molar-refractivity contribution in [2.45, 2.75) is 25.9 Å². The molecule has 7 heteroatoms. The first-order chi connectivity index (χ1) is 11.5. The summed E-state index contributed by atoms with van der Waals surface area (Å²) in [6.45, 7) is 5.19. The van der Waals surface area contributed by atoms with Crippen LogP contribution in [0.15, 0.2) is 16.6 Å². The van der Waals surface area contributed by atoms with E-state index < -0.39 is 23.5 Å². The van der Waals surface area contributed by atoms with Crippen LogP contribution in [0.5, 0.6) is 5.75 Å². The highest BCUT2D eigenvalue weighted by Crippen LogP contribution is 2.25. The van der Waals surface area contributed by atoms with Gasteiger partial charge >= 0.3 is 0 Å². The Morgan fingerprint density at radius 2 is 1.88 bits per heavy atom. The van der Waals surface area contributed by atoms with E-state index in [9.17, 15) is 13.9 Å². The van der Waals surface area contributed by atoms with Crippen LogP contribution in [-0.4, -0.2) is 55.6 Å². The number of aliphatic hydroxyl groups excluding tert-OH is 1. The summed E-state index contributed by atoms with van der Waals surface area (Å²) in [7, 11) is 0. The Labute approximate surface area is 149 Å². The van der Waals surface area contributed by atoms with Crippen molar-refractivity contribution in [1.82, 2.24) is 4.90 Å². The molecule has 0 aromatic heterocycles. The SMILES string of the molecule is CC1CCN(CC(O)COCCOc2c(F)cc(Br)cc2F)CC1. The summed E-state index contributed by atoms with van der Waals surface area (Å²) >= 11 is 3.01. The molecule has 0 saturated carbocycles. The summed E-state index contributed by atoms with van der Waals surface area (Å²) in [5.74, 6) is -1.18. The number of hydrogen-bond donors (Lipinski definition) is 1. The monoisotopic (exact) mass is 407 g/mol. The maximum atomic E-state index is 13.6. The number of likely N-dealkylation sites (tertiary alicyclic amines) is 1. The van der Waals surface area contributed by atoms with Crippen molar-refractivity contribution in [2.75, 3.05) is 39.5 Å². The van der Waals surface area contributed by atoms with Crippen molar-refractivity contribution in [2.24, 2.45) is 5.92 Å². The van der Waals surface area contributed by atoms with Gasteiger partial charge in [0.15, 0.2) is 17.4 Å². The lowest BCUT2D eigenvalue weighted by atomic mass is 9.99. The third-order valence-corrected chi connectivity index (χ3v) is 4.55. The van der Waals surface area contributed by atoms with Gasteiger partial charge in [0.1, 0.15) is 6.61 Å². The second-order valence-electron chi connectivity index (χ2n) is 6.26. The summed E-state index contributed by atoms with van der Waals surface area (Å²) in [6, 6.07) is 2.28. The fraction of sp³-hybridized carbons (Fsp3) is 0.647. The number of β-amino-alcohol motifs (C(OH)–C–C–N with tert-alkyl or cyclic N) is 1. The molecule has 1 aromatic carbocycles. The minimum absolute atomic E-state index is 0.0173. The second-order valence-corrected chi connectivity index (χ2v) is 7.17. The van der Waals surface area contributed by atoms with E-state index in [0.29, 0.717) is 11.0 Å². The molecule has 4 nitrogen and oxygen atoms in total. The Kier molecular flexibility index (Phi) is 7.87. The maximum absolute atomic E-state index is 13.6. The predicted molar refractivity (Wildman–Crippen MR) is 91.2 cm³/mol. The van der Waals surface area contributed by atoms with Gasteiger partial charge in [0.25, 0.3) is 0 Å². The number of aliphatic hydroxyl groups is 1. The number of ether oxygens (including phenoxy) is 2. The van der Waals surface area contributed by atoms with Crippen molar-refractivity contribution < 1.29 is 23.4 Å². The molecule has 1 saturated heterocycles. The summed E-state index contributed by atoms with van der Waals surface area (Å²) < 4.78 is 37.8. The van der Waals surface area contributed by atoms with Crippen molar-refractivity contribution in [3.05, 3.63) is 28.2 Å². The van der Waals surface area contributed by atoms with Crippen molar-refractivity contribution >= 4 is 15.9 Å². The van der Waals surface area contributed by atoms with E-state index in [1.54, 1.807) is 0 Å². The van der Waals surface area contributed by atoms with Gasteiger partial charge in [0, 0.05) is 11.0 Å². The number of nitrogens with zero attached hydrogens (tertiary/aromatic N) is 1. The molecule has 0 radical (unpaired) electrons. The molecule has 1 fully saturated rings. The molecule has 1 atom stereocenters. The molecule has 1 heterocycles. The molecule has 1 N–H and O–H groups in total. The van der Waals surface area contributed by atoms with E-state index >= 15 is 0 Å². The van der Waals surface area contributed by atoms with Gasteiger partial charge < -0.3 is 19.5 Å². The molecule has 1 aromatic rings. The van der Waals surface area contributed by atoms with Crippen LogP contribution in [0.2, 0.25) is 0 Å². The van der Waals surface area contributed by atoms with Gasteiger partial charge in [0.05, 0.1) is 19.3 Å². The largest absolute Gasteiger partial charge is 0.485 e. The average Bonchev–Trinajstić information content (AvgIpc) is 2.51. The van der Waals surface area contributed by atoms with Gasteiger partial charge in [-0.2, -0.15) is 0 Å². The van der Waals surface area contributed by atoms with Crippen LogP contribution in [0.25, 0.3) is 0 Å². The van der Waals surface area contributed by atoms with Gasteiger partial charge in [-0.25, -0.2) is 8.78 Å². The minimum atomic E-state index is -0.763. The quantitative estimate of drug-likeness (QED) is 0.671. The maximum Gasteiger partial charge on any atom is 0.190 e. The standard InChI is InChI=1S/C17H24BrF2NO3/c1-12-2-4-21(5-3-12)10-14(22)11-23-6-7-24-17-15(19)8-13(18)9-16(17)20/h8-9,12,14,22H,2-7,10-11H2,1H3. The molecule has 24 heavy (non-hydrogen) atoms. The van der Waals surface area contributed by atoms with Gasteiger partial charge in [-0.3, -0.25) is 0 Å². The van der Waals surface area contributed by atoms with E-state index in [2.05, 4.69) is 27.8 Å². The van der Waals surface area contributed by atoms with Crippen LogP contribution in [0.1, 0.15) is 19.8 Å². The Balaban J connectivity index is 1.61. The van der Waals surface area contributed by atoms with Crippen molar-refractivity contribution in [3.8, 4) is 5.75 Å². The molecular weight excluding hydrogens is 384 g/mol. The number of hydrogen-bond acceptors (Lipinski definition) is 4. The Morgan fingerprint density at radius 3 is 2.50 bits per heavy atom. The molecular formula is C17H24BrF2NO3. The molecule has 0 bridgehead atoms. The van der Waals surface area contributed by atoms with E-state index in [-0.39, 0.29) is 19.8 Å². The van der Waals surface area contributed by atoms with Gasteiger partial charge in [-0.05, 0) is 44.0 Å². The topological polar surface area (TPSA) is 41.9 Å². The summed E-state index contributed by atoms with van der Waals surface area (Å²) in [4.78, 5) is 2.23. The average molecular weight is 408 g/mol. The lowest BCUT2D eigenvalue weighted by molar-refractivity contribution is 0.00276. The predicted octanol–water partition coefficient (Wildman–Crippen LogP) is 3.22. The normalized spacial score (nSPS) is 17.9. The lowest BCUT2D eigenvalue weighted by Gasteiger charge is -2.31. The molecule has 0 aliphatic carbocycles. The van der Waals surface area contributed by atoms with E-state index in [1.165, 1.54) is 0 Å². The molecule has 1 aliphatic heterocycles. The number of rotatable bonds is 8. The first-order valence-corrected chi connectivity index (χ1v) is 9.00. The zero-order valence-electron chi connectivity index (χ0n) is 13.8. The number of benzene rings is 1. The summed E-state index contributed by atoms with van der Waals surface area (Å²) in [5, 5.41) is 9.97. The highest BCUT2D eigenvalue weighted by molar-refractivity contribution is 9.10.